The van der Waals surface area contributed by atoms with Crippen LogP contribution in [-0.2, 0) is 10.0 Å². The zero-order valence-corrected chi connectivity index (χ0v) is 17.3. The zero-order chi connectivity index (χ0) is 20.2. The van der Waals surface area contributed by atoms with Crippen LogP contribution < -0.4 is 5.14 Å². The fourth-order valence-corrected chi connectivity index (χ4v) is 2.50. The maximum absolute atomic E-state index is 11.0. The molecule has 6 heteroatoms. The van der Waals surface area contributed by atoms with Crippen molar-refractivity contribution in [2.24, 2.45) is 5.14 Å². The van der Waals surface area contributed by atoms with Gasteiger partial charge in [-0.15, -0.1) is 0 Å². The molecule has 5 nitrogen and oxygen atoms in total. The van der Waals surface area contributed by atoms with Gasteiger partial charge in [-0.05, 0) is 19.4 Å². The number of sulfonamides is 1. The third-order valence-electron chi connectivity index (χ3n) is 3.14. The summed E-state index contributed by atoms with van der Waals surface area (Å²) in [5.74, 6) is 0.460. The lowest BCUT2D eigenvalue weighted by atomic mass is 9.99. The number of rotatable bonds is 5. The van der Waals surface area contributed by atoms with Crippen molar-refractivity contribution in [1.29, 1.82) is 0 Å². The quantitative estimate of drug-likeness (QED) is 0.746. The molecule has 0 amide bonds. The van der Waals surface area contributed by atoms with E-state index in [0.29, 0.717) is 5.76 Å². The lowest BCUT2D eigenvalue weighted by Gasteiger charge is -2.04. The Morgan fingerprint density at radius 2 is 1.73 bits per heavy atom. The number of aromatic nitrogens is 1. The SMILES string of the molecule is C/C=C(\C=C/CS(N)(=O)=O)c1c(-c2ccccc2)noc1C.CC.CC. The summed E-state index contributed by atoms with van der Waals surface area (Å²) in [5, 5.41) is 9.12. The first-order valence-electron chi connectivity index (χ1n) is 8.77. The van der Waals surface area contributed by atoms with Gasteiger partial charge in [0.15, 0.2) is 0 Å². The van der Waals surface area contributed by atoms with Crippen LogP contribution in [0.2, 0.25) is 0 Å². The molecule has 0 spiro atoms. The molecule has 2 N–H and O–H groups in total. The van der Waals surface area contributed by atoms with Crippen molar-refractivity contribution in [3.05, 3.63) is 59.9 Å². The van der Waals surface area contributed by atoms with Crippen LogP contribution in [0, 0.1) is 6.92 Å². The fourth-order valence-electron chi connectivity index (χ4n) is 2.14. The van der Waals surface area contributed by atoms with Gasteiger partial charge in [0.1, 0.15) is 11.5 Å². The minimum absolute atomic E-state index is 0.213. The molecule has 0 saturated heterocycles. The molecule has 1 aromatic carbocycles. The number of nitrogens with two attached hydrogens (primary N) is 1. The van der Waals surface area contributed by atoms with Crippen LogP contribution in [0.3, 0.4) is 0 Å². The van der Waals surface area contributed by atoms with Gasteiger partial charge in [0.25, 0.3) is 0 Å². The Morgan fingerprint density at radius 1 is 1.15 bits per heavy atom. The molecule has 0 bridgehead atoms. The molecular weight excluding hydrogens is 348 g/mol. The van der Waals surface area contributed by atoms with Crippen molar-refractivity contribution in [1.82, 2.24) is 5.16 Å². The number of hydrogen-bond donors (Lipinski definition) is 1. The molecule has 0 fully saturated rings. The molecule has 2 aromatic rings. The Bertz CT molecular complexity index is 805. The van der Waals surface area contributed by atoms with Gasteiger partial charge >= 0.3 is 0 Å². The average Bonchev–Trinajstić information content (AvgIpc) is 3.03. The van der Waals surface area contributed by atoms with Crippen LogP contribution in [-0.4, -0.2) is 19.3 Å². The van der Waals surface area contributed by atoms with Crippen molar-refractivity contribution < 1.29 is 12.9 Å². The number of primary sulfonamides is 1. The van der Waals surface area contributed by atoms with E-state index < -0.39 is 10.0 Å². The number of aryl methyl sites for hydroxylation is 1. The minimum atomic E-state index is -3.52. The largest absolute Gasteiger partial charge is 0.360 e. The van der Waals surface area contributed by atoms with Crippen LogP contribution in [0.5, 0.6) is 0 Å². The van der Waals surface area contributed by atoms with Gasteiger partial charge in [0.05, 0.1) is 11.3 Å². The van der Waals surface area contributed by atoms with E-state index in [9.17, 15) is 8.42 Å². The van der Waals surface area contributed by atoms with Gasteiger partial charge in [-0.3, -0.25) is 0 Å². The number of benzene rings is 1. The zero-order valence-electron chi connectivity index (χ0n) is 16.5. The predicted molar refractivity (Wildman–Crippen MR) is 110 cm³/mol. The highest BCUT2D eigenvalue weighted by atomic mass is 32.2. The van der Waals surface area contributed by atoms with Crippen molar-refractivity contribution in [2.45, 2.75) is 41.5 Å². The molecule has 0 radical (unpaired) electrons. The summed E-state index contributed by atoms with van der Waals surface area (Å²) in [6, 6.07) is 9.67. The van der Waals surface area contributed by atoms with Crippen LogP contribution in [0.4, 0.5) is 0 Å². The molecule has 1 heterocycles. The molecule has 0 aliphatic carbocycles. The Labute approximate surface area is 157 Å². The third-order valence-corrected chi connectivity index (χ3v) is 3.79. The topological polar surface area (TPSA) is 86.2 Å². The van der Waals surface area contributed by atoms with Crippen LogP contribution >= 0.6 is 0 Å². The van der Waals surface area contributed by atoms with Crippen LogP contribution in [0.1, 0.15) is 45.9 Å². The second-order valence-corrected chi connectivity index (χ2v) is 6.46. The molecule has 0 atom stereocenters. The van der Waals surface area contributed by atoms with Crippen molar-refractivity contribution >= 4 is 15.6 Å². The first kappa shape index (κ1) is 23.8. The summed E-state index contributed by atoms with van der Waals surface area (Å²) in [6.45, 7) is 11.7. The molecule has 1 aromatic heterocycles. The van der Waals surface area contributed by atoms with Crippen molar-refractivity contribution in [3.8, 4) is 11.3 Å². The fraction of sp³-hybridized carbons (Fsp3) is 0.350. The monoisotopic (exact) mass is 378 g/mol. The Balaban J connectivity index is 0.00000146. The summed E-state index contributed by atoms with van der Waals surface area (Å²) < 4.78 is 27.4. The standard InChI is InChI=1S/C16H18N2O3S.2C2H6/c1-3-13(10-7-11-22(17,19)20)15-12(2)21-18-16(15)14-8-5-4-6-9-14;2*1-2/h3-10H,11H2,1-2H3,(H2,17,19,20);2*1-2H3/b10-7-,13-3+;;. The normalized spacial score (nSPS) is 11.4. The van der Waals surface area contributed by atoms with Crippen LogP contribution in [0.25, 0.3) is 16.8 Å². The van der Waals surface area contributed by atoms with Gasteiger partial charge < -0.3 is 4.52 Å². The second kappa shape index (κ2) is 12.2. The van der Waals surface area contributed by atoms with Gasteiger partial charge in [-0.25, -0.2) is 13.6 Å². The molecule has 144 valence electrons. The molecule has 26 heavy (non-hydrogen) atoms. The van der Waals surface area contributed by atoms with Gasteiger partial charge in [-0.1, -0.05) is 81.4 Å². The Hall–Kier alpha value is -2.18. The second-order valence-electron chi connectivity index (χ2n) is 4.80. The Kier molecular flexibility index (Phi) is 11.2. The third kappa shape index (κ3) is 7.37. The highest BCUT2D eigenvalue weighted by Crippen LogP contribution is 2.31. The number of allylic oxidation sites excluding steroid dienone is 3. The minimum Gasteiger partial charge on any atom is -0.360 e. The molecule has 0 aliphatic rings. The summed E-state index contributed by atoms with van der Waals surface area (Å²) >= 11 is 0. The van der Waals surface area contributed by atoms with Crippen molar-refractivity contribution in [2.75, 3.05) is 5.75 Å². The first-order valence-corrected chi connectivity index (χ1v) is 10.5. The van der Waals surface area contributed by atoms with E-state index in [2.05, 4.69) is 5.16 Å². The lowest BCUT2D eigenvalue weighted by Crippen LogP contribution is -2.14. The summed E-state index contributed by atoms with van der Waals surface area (Å²) in [5.41, 5.74) is 3.35. The maximum atomic E-state index is 11.0. The number of nitrogens with zero attached hydrogens (tertiary/aromatic N) is 1. The average molecular weight is 379 g/mol. The van der Waals surface area contributed by atoms with E-state index >= 15 is 0 Å². The summed E-state index contributed by atoms with van der Waals surface area (Å²) in [4.78, 5) is 0. The van der Waals surface area contributed by atoms with E-state index in [1.54, 1.807) is 6.08 Å². The lowest BCUT2D eigenvalue weighted by molar-refractivity contribution is 0.399. The van der Waals surface area contributed by atoms with Crippen LogP contribution in [0.15, 0.2) is 53.1 Å². The van der Waals surface area contributed by atoms with E-state index in [1.807, 2.05) is 78.0 Å². The predicted octanol–water partition coefficient (Wildman–Crippen LogP) is 4.95. The molecular formula is C20H30N2O3S. The molecule has 0 unspecified atom stereocenters. The molecule has 0 aliphatic heterocycles. The maximum Gasteiger partial charge on any atom is 0.212 e. The smallest absolute Gasteiger partial charge is 0.212 e. The highest BCUT2D eigenvalue weighted by Gasteiger charge is 2.16. The van der Waals surface area contributed by atoms with Gasteiger partial charge in [-0.2, -0.15) is 0 Å². The van der Waals surface area contributed by atoms with E-state index in [-0.39, 0.29) is 5.75 Å². The number of hydrogen-bond acceptors (Lipinski definition) is 4. The van der Waals surface area contributed by atoms with Gasteiger partial charge in [0, 0.05) is 5.56 Å². The van der Waals surface area contributed by atoms with Gasteiger partial charge in [0.2, 0.25) is 10.0 Å². The molecule has 0 saturated carbocycles. The van der Waals surface area contributed by atoms with E-state index in [1.165, 1.54) is 6.08 Å². The molecule has 2 rings (SSSR count). The first-order chi connectivity index (χ1) is 12.4. The summed E-state index contributed by atoms with van der Waals surface area (Å²) in [7, 11) is -3.52. The summed E-state index contributed by atoms with van der Waals surface area (Å²) in [6.07, 6.45) is 5.12. The highest BCUT2D eigenvalue weighted by molar-refractivity contribution is 7.89. The van der Waals surface area contributed by atoms with Crippen molar-refractivity contribution in [3.63, 3.8) is 0 Å². The Morgan fingerprint density at radius 3 is 2.23 bits per heavy atom. The van der Waals surface area contributed by atoms with E-state index in [4.69, 9.17) is 9.66 Å². The van der Waals surface area contributed by atoms with E-state index in [0.717, 1.165) is 22.4 Å².